The smallest absolute Gasteiger partial charge is 0.251 e. The third-order valence-electron chi connectivity index (χ3n) is 4.49. The van der Waals surface area contributed by atoms with Crippen molar-refractivity contribution in [2.75, 3.05) is 30.3 Å². The molecule has 0 aromatic heterocycles. The van der Waals surface area contributed by atoms with Crippen molar-refractivity contribution in [2.24, 2.45) is 0 Å². The van der Waals surface area contributed by atoms with Crippen LogP contribution in [0.15, 0.2) is 61.2 Å². The molecule has 0 atom stereocenters. The SMILES string of the molecule is C=CCN(c1ccc(C(=O)NCCOc2ccc(C(C)(C)C)cc2)cc1)S(C)(=O)=O. The van der Waals surface area contributed by atoms with Gasteiger partial charge in [-0.25, -0.2) is 8.42 Å². The van der Waals surface area contributed by atoms with Crippen LogP contribution in [0.25, 0.3) is 0 Å². The lowest BCUT2D eigenvalue weighted by Crippen LogP contribution is -2.30. The van der Waals surface area contributed by atoms with Crippen LogP contribution < -0.4 is 14.4 Å². The number of ether oxygens (including phenoxy) is 1. The lowest BCUT2D eigenvalue weighted by atomic mass is 9.87. The van der Waals surface area contributed by atoms with Gasteiger partial charge >= 0.3 is 0 Å². The van der Waals surface area contributed by atoms with Crippen LogP contribution in [-0.2, 0) is 15.4 Å². The molecule has 0 spiro atoms. The first-order valence-electron chi connectivity index (χ1n) is 9.72. The number of nitrogens with zero attached hydrogens (tertiary/aromatic N) is 1. The summed E-state index contributed by atoms with van der Waals surface area (Å²) in [6, 6.07) is 14.3. The quantitative estimate of drug-likeness (QED) is 0.486. The van der Waals surface area contributed by atoms with Crippen LogP contribution in [0.3, 0.4) is 0 Å². The van der Waals surface area contributed by atoms with Crippen LogP contribution in [0.2, 0.25) is 0 Å². The summed E-state index contributed by atoms with van der Waals surface area (Å²) in [5.74, 6) is 0.507. The Morgan fingerprint density at radius 3 is 2.20 bits per heavy atom. The van der Waals surface area contributed by atoms with Crippen LogP contribution in [0.5, 0.6) is 5.75 Å². The van der Waals surface area contributed by atoms with Gasteiger partial charge in [-0.3, -0.25) is 9.10 Å². The Labute approximate surface area is 179 Å². The topological polar surface area (TPSA) is 75.7 Å². The average molecular weight is 431 g/mol. The molecule has 1 N–H and O–H groups in total. The van der Waals surface area contributed by atoms with Gasteiger partial charge in [-0.05, 0) is 47.4 Å². The molecule has 2 aromatic rings. The minimum Gasteiger partial charge on any atom is -0.492 e. The van der Waals surface area contributed by atoms with Gasteiger partial charge in [0, 0.05) is 5.56 Å². The van der Waals surface area contributed by atoms with E-state index in [2.05, 4.69) is 32.7 Å². The van der Waals surface area contributed by atoms with E-state index in [9.17, 15) is 13.2 Å². The first-order valence-corrected chi connectivity index (χ1v) is 11.6. The van der Waals surface area contributed by atoms with Crippen LogP contribution >= 0.6 is 0 Å². The number of hydrogen-bond acceptors (Lipinski definition) is 4. The van der Waals surface area contributed by atoms with E-state index in [-0.39, 0.29) is 17.9 Å². The van der Waals surface area contributed by atoms with Crippen LogP contribution in [0.1, 0.15) is 36.7 Å². The van der Waals surface area contributed by atoms with Crippen molar-refractivity contribution in [3.05, 3.63) is 72.3 Å². The minimum atomic E-state index is -3.42. The van der Waals surface area contributed by atoms with E-state index < -0.39 is 10.0 Å². The Hall–Kier alpha value is -2.80. The van der Waals surface area contributed by atoms with E-state index in [1.54, 1.807) is 24.3 Å². The molecule has 162 valence electrons. The van der Waals surface area contributed by atoms with Gasteiger partial charge in [-0.15, -0.1) is 6.58 Å². The van der Waals surface area contributed by atoms with Gasteiger partial charge < -0.3 is 10.1 Å². The second-order valence-electron chi connectivity index (χ2n) is 8.01. The minimum absolute atomic E-state index is 0.0894. The van der Waals surface area contributed by atoms with Crippen molar-refractivity contribution >= 4 is 21.6 Å². The standard InChI is InChI=1S/C23H30N2O4S/c1-6-16-25(30(5,27)28)20-11-7-18(8-12-20)22(26)24-15-17-29-21-13-9-19(10-14-21)23(2,3)4/h6-14H,1,15-17H2,2-5H3,(H,24,26). The highest BCUT2D eigenvalue weighted by Crippen LogP contribution is 2.24. The van der Waals surface area contributed by atoms with Gasteiger partial charge in [-0.2, -0.15) is 0 Å². The molecule has 1 amide bonds. The summed E-state index contributed by atoms with van der Waals surface area (Å²) in [6.45, 7) is 10.9. The normalized spacial score (nSPS) is 11.6. The third kappa shape index (κ3) is 6.62. The predicted molar refractivity (Wildman–Crippen MR) is 122 cm³/mol. The number of nitrogens with one attached hydrogen (secondary N) is 1. The van der Waals surface area contributed by atoms with Crippen LogP contribution in [0, 0.1) is 0 Å². The lowest BCUT2D eigenvalue weighted by molar-refractivity contribution is 0.0947. The fourth-order valence-corrected chi connectivity index (χ4v) is 3.70. The first kappa shape index (κ1) is 23.5. The number of anilines is 1. The van der Waals surface area contributed by atoms with Crippen LogP contribution in [0.4, 0.5) is 5.69 Å². The van der Waals surface area contributed by atoms with Gasteiger partial charge in [0.25, 0.3) is 5.91 Å². The molecule has 30 heavy (non-hydrogen) atoms. The summed E-state index contributed by atoms with van der Waals surface area (Å²) in [4.78, 5) is 12.3. The molecule has 0 fully saturated rings. The summed E-state index contributed by atoms with van der Waals surface area (Å²) in [5.41, 5.74) is 2.25. The molecule has 6 nitrogen and oxygen atoms in total. The number of sulfonamides is 1. The highest BCUT2D eigenvalue weighted by Gasteiger charge is 2.16. The van der Waals surface area contributed by atoms with E-state index in [1.165, 1.54) is 15.9 Å². The lowest BCUT2D eigenvalue weighted by Gasteiger charge is -2.20. The predicted octanol–water partition coefficient (Wildman–Crippen LogP) is 3.74. The van der Waals surface area contributed by atoms with E-state index in [0.717, 1.165) is 12.0 Å². The highest BCUT2D eigenvalue weighted by molar-refractivity contribution is 7.92. The molecule has 0 saturated carbocycles. The second-order valence-corrected chi connectivity index (χ2v) is 9.92. The maximum atomic E-state index is 12.3. The molecule has 2 aromatic carbocycles. The number of rotatable bonds is 9. The molecular formula is C23H30N2O4S. The molecule has 0 aliphatic carbocycles. The largest absolute Gasteiger partial charge is 0.492 e. The van der Waals surface area contributed by atoms with E-state index >= 15 is 0 Å². The summed E-state index contributed by atoms with van der Waals surface area (Å²) in [7, 11) is -3.42. The van der Waals surface area contributed by atoms with E-state index in [0.29, 0.717) is 24.4 Å². The summed E-state index contributed by atoms with van der Waals surface area (Å²) >= 11 is 0. The summed E-state index contributed by atoms with van der Waals surface area (Å²) in [6.07, 6.45) is 2.64. The van der Waals surface area contributed by atoms with Crippen molar-refractivity contribution in [1.29, 1.82) is 0 Å². The molecule has 0 unspecified atom stereocenters. The number of carbonyl (C=O) groups is 1. The summed E-state index contributed by atoms with van der Waals surface area (Å²) < 4.78 is 30.7. The molecular weight excluding hydrogens is 400 g/mol. The Kier molecular flexibility index (Phi) is 7.67. The van der Waals surface area contributed by atoms with Crippen molar-refractivity contribution in [3.63, 3.8) is 0 Å². The monoisotopic (exact) mass is 430 g/mol. The number of hydrogen-bond donors (Lipinski definition) is 1. The molecule has 0 radical (unpaired) electrons. The van der Waals surface area contributed by atoms with Crippen molar-refractivity contribution in [2.45, 2.75) is 26.2 Å². The molecule has 2 rings (SSSR count). The van der Waals surface area contributed by atoms with E-state index in [4.69, 9.17) is 4.74 Å². The number of benzene rings is 2. The summed E-state index contributed by atoms with van der Waals surface area (Å²) in [5, 5.41) is 2.80. The Morgan fingerprint density at radius 1 is 1.10 bits per heavy atom. The van der Waals surface area contributed by atoms with Crippen molar-refractivity contribution in [1.82, 2.24) is 5.32 Å². The van der Waals surface area contributed by atoms with Crippen molar-refractivity contribution in [3.8, 4) is 5.75 Å². The Morgan fingerprint density at radius 2 is 1.70 bits per heavy atom. The third-order valence-corrected chi connectivity index (χ3v) is 5.65. The van der Waals surface area contributed by atoms with Gasteiger partial charge in [0.15, 0.2) is 0 Å². The molecule has 0 saturated heterocycles. The average Bonchev–Trinajstić information content (AvgIpc) is 2.68. The fraction of sp³-hybridized carbons (Fsp3) is 0.348. The highest BCUT2D eigenvalue weighted by atomic mass is 32.2. The second kappa shape index (κ2) is 9.80. The maximum Gasteiger partial charge on any atom is 0.251 e. The zero-order chi connectivity index (χ0) is 22.4. The Balaban J connectivity index is 1.87. The van der Waals surface area contributed by atoms with Crippen molar-refractivity contribution < 1.29 is 17.9 Å². The zero-order valence-electron chi connectivity index (χ0n) is 18.0. The van der Waals surface area contributed by atoms with Gasteiger partial charge in [0.2, 0.25) is 10.0 Å². The van der Waals surface area contributed by atoms with Gasteiger partial charge in [0.05, 0.1) is 25.0 Å². The molecule has 0 aliphatic rings. The maximum absolute atomic E-state index is 12.3. The molecule has 0 aliphatic heterocycles. The van der Waals surface area contributed by atoms with Crippen LogP contribution in [-0.4, -0.2) is 40.3 Å². The number of carbonyl (C=O) groups excluding carboxylic acids is 1. The van der Waals surface area contributed by atoms with Gasteiger partial charge in [-0.1, -0.05) is 39.0 Å². The molecule has 7 heteroatoms. The first-order chi connectivity index (χ1) is 14.0. The Bertz CT molecular complexity index is 960. The fourth-order valence-electron chi connectivity index (χ4n) is 2.82. The van der Waals surface area contributed by atoms with E-state index in [1.807, 2.05) is 24.3 Å². The molecule has 0 heterocycles. The number of amides is 1. The zero-order valence-corrected chi connectivity index (χ0v) is 18.8. The molecule has 0 bridgehead atoms. The van der Waals surface area contributed by atoms with Gasteiger partial charge in [0.1, 0.15) is 12.4 Å².